The summed E-state index contributed by atoms with van der Waals surface area (Å²) in [6, 6.07) is 95.1. The van der Waals surface area contributed by atoms with Crippen LogP contribution < -0.4 is 4.90 Å². The lowest BCUT2D eigenvalue weighted by Crippen LogP contribution is -2.10. The summed E-state index contributed by atoms with van der Waals surface area (Å²) < 4.78 is 2.65. The molecule has 1 nitrogen and oxygen atoms in total. The highest BCUT2D eigenvalue weighted by Gasteiger charge is 2.17. The third-order valence-corrected chi connectivity index (χ3v) is 14.1. The van der Waals surface area contributed by atoms with Crippen molar-refractivity contribution in [3.8, 4) is 66.8 Å². The van der Waals surface area contributed by atoms with E-state index in [-0.39, 0.29) is 0 Å². The number of nitrogens with zero attached hydrogens (tertiary/aromatic N) is 1. The first kappa shape index (κ1) is 39.3. The van der Waals surface area contributed by atoms with Crippen LogP contribution >= 0.6 is 11.3 Å². The third-order valence-electron chi connectivity index (χ3n) is 12.8. The van der Waals surface area contributed by atoms with Gasteiger partial charge in [0.25, 0.3) is 0 Å². The van der Waals surface area contributed by atoms with Crippen LogP contribution in [0.4, 0.5) is 17.1 Å². The van der Waals surface area contributed by atoms with E-state index in [4.69, 9.17) is 0 Å². The number of hydrogen-bond acceptors (Lipinski definition) is 2. The molecule has 0 saturated carbocycles. The van der Waals surface area contributed by atoms with Crippen LogP contribution in [-0.4, -0.2) is 0 Å². The Bertz CT molecular complexity index is 3620. The number of hydrogen-bond donors (Lipinski definition) is 0. The van der Waals surface area contributed by atoms with E-state index in [2.05, 4.69) is 266 Å². The summed E-state index contributed by atoms with van der Waals surface area (Å²) in [5.41, 5.74) is 17.7. The molecule has 0 radical (unpaired) electrons. The van der Waals surface area contributed by atoms with E-state index >= 15 is 0 Å². The van der Waals surface area contributed by atoms with Crippen molar-refractivity contribution >= 4 is 59.3 Å². The molecule has 0 spiro atoms. The van der Waals surface area contributed by atoms with Crippen LogP contribution in [0.1, 0.15) is 0 Å². The van der Waals surface area contributed by atoms with Gasteiger partial charge in [-0.05, 0) is 144 Å². The first-order valence-corrected chi connectivity index (χ1v) is 23.4. The smallest absolute Gasteiger partial charge is 0.0467 e. The summed E-state index contributed by atoms with van der Waals surface area (Å²) in [6.07, 6.45) is 0. The monoisotopic (exact) mass is 857 g/mol. The van der Waals surface area contributed by atoms with Crippen LogP contribution in [0.25, 0.3) is 97.7 Å². The fraction of sp³-hybridized carbons (Fsp3) is 0. The maximum Gasteiger partial charge on any atom is 0.0467 e. The van der Waals surface area contributed by atoms with Gasteiger partial charge in [0, 0.05) is 37.2 Å². The van der Waals surface area contributed by atoms with Crippen molar-refractivity contribution in [3.63, 3.8) is 0 Å². The highest BCUT2D eigenvalue weighted by Crippen LogP contribution is 2.43. The van der Waals surface area contributed by atoms with Gasteiger partial charge >= 0.3 is 0 Å². The second-order valence-electron chi connectivity index (χ2n) is 16.9. The molecule has 0 N–H and O–H groups in total. The average molecular weight is 858 g/mol. The predicted octanol–water partition coefficient (Wildman–Crippen LogP) is 18.7. The maximum atomic E-state index is 2.39. The Morgan fingerprint density at radius 3 is 1.36 bits per heavy atom. The van der Waals surface area contributed by atoms with Gasteiger partial charge in [0.15, 0.2) is 0 Å². The molecule has 11 aromatic carbocycles. The largest absolute Gasteiger partial charge is 0.310 e. The molecule has 310 valence electrons. The molecule has 12 aromatic rings. The van der Waals surface area contributed by atoms with E-state index in [0.29, 0.717) is 0 Å². The van der Waals surface area contributed by atoms with E-state index in [0.717, 1.165) is 17.1 Å². The van der Waals surface area contributed by atoms with Gasteiger partial charge in [-0.15, -0.1) is 11.3 Å². The molecule has 1 aromatic heterocycles. The Balaban J connectivity index is 0.940. The van der Waals surface area contributed by atoms with E-state index in [1.807, 2.05) is 11.3 Å². The van der Waals surface area contributed by atoms with E-state index in [1.165, 1.54) is 97.7 Å². The van der Waals surface area contributed by atoms with Crippen LogP contribution in [0.5, 0.6) is 0 Å². The maximum absolute atomic E-state index is 2.39. The molecular weight excluding hydrogens is 815 g/mol. The fourth-order valence-electron chi connectivity index (χ4n) is 9.57. The molecule has 1 heterocycles. The molecule has 0 aliphatic rings. The topological polar surface area (TPSA) is 3.24 Å². The van der Waals surface area contributed by atoms with Gasteiger partial charge in [0.05, 0.1) is 0 Å². The lowest BCUT2D eigenvalue weighted by atomic mass is 9.93. The molecule has 0 aliphatic heterocycles. The SMILES string of the molecule is c1ccc(-c2cc(-c3ccccc3)cc(-c3ccc(N(c4ccc(-c5cccc(-c6cccc7c6sc6ccccc67)c5)cc4)c4cccc(-c5cccc6ccccc56)c4)cc3)c2)cc1. The van der Waals surface area contributed by atoms with Crippen LogP contribution in [-0.2, 0) is 0 Å². The van der Waals surface area contributed by atoms with Crippen LogP contribution in [0.15, 0.2) is 261 Å². The molecule has 66 heavy (non-hydrogen) atoms. The summed E-state index contributed by atoms with van der Waals surface area (Å²) >= 11 is 1.88. The van der Waals surface area contributed by atoms with Crippen molar-refractivity contribution in [3.05, 3.63) is 261 Å². The molecule has 0 atom stereocenters. The summed E-state index contributed by atoms with van der Waals surface area (Å²) in [7, 11) is 0. The van der Waals surface area contributed by atoms with Crippen molar-refractivity contribution < 1.29 is 0 Å². The van der Waals surface area contributed by atoms with E-state index in [1.54, 1.807) is 0 Å². The van der Waals surface area contributed by atoms with Gasteiger partial charge in [-0.3, -0.25) is 0 Å². The standard InChI is InChI=1S/C64H43NS/c1-3-15-44(16-4-1)52-40-53(45-17-5-2-6-18-45)42-54(41-52)47-33-37-56(38-34-47)65(57-24-12-23-51(43-57)59-27-13-20-48-19-7-8-25-58(48)59)55-35-31-46(32-36-55)49-21-11-22-50(39-49)60-28-14-29-62-61-26-9-10-30-63(61)66-64(60)62/h1-43H. The van der Waals surface area contributed by atoms with Crippen LogP contribution in [0, 0.1) is 0 Å². The van der Waals surface area contributed by atoms with Gasteiger partial charge in [-0.25, -0.2) is 0 Å². The fourth-order valence-corrected chi connectivity index (χ4v) is 10.8. The van der Waals surface area contributed by atoms with Crippen molar-refractivity contribution in [1.29, 1.82) is 0 Å². The average Bonchev–Trinajstić information content (AvgIpc) is 3.79. The highest BCUT2D eigenvalue weighted by molar-refractivity contribution is 7.26. The Kier molecular flexibility index (Phi) is 10.1. The predicted molar refractivity (Wildman–Crippen MR) is 284 cm³/mol. The van der Waals surface area contributed by atoms with Gasteiger partial charge in [-0.2, -0.15) is 0 Å². The van der Waals surface area contributed by atoms with Gasteiger partial charge in [-0.1, -0.05) is 194 Å². The molecule has 12 rings (SSSR count). The van der Waals surface area contributed by atoms with Crippen LogP contribution in [0.2, 0.25) is 0 Å². The minimum absolute atomic E-state index is 1.09. The first-order valence-electron chi connectivity index (χ1n) is 22.6. The van der Waals surface area contributed by atoms with Gasteiger partial charge in [0.1, 0.15) is 0 Å². The van der Waals surface area contributed by atoms with E-state index < -0.39 is 0 Å². The lowest BCUT2D eigenvalue weighted by Gasteiger charge is -2.26. The molecule has 0 saturated heterocycles. The van der Waals surface area contributed by atoms with Gasteiger partial charge in [0.2, 0.25) is 0 Å². The summed E-state index contributed by atoms with van der Waals surface area (Å²) in [5, 5.41) is 5.12. The third kappa shape index (κ3) is 7.44. The zero-order valence-corrected chi connectivity index (χ0v) is 37.0. The Hall–Kier alpha value is -8.30. The number of anilines is 3. The van der Waals surface area contributed by atoms with Crippen molar-refractivity contribution in [2.45, 2.75) is 0 Å². The number of fused-ring (bicyclic) bond motifs is 4. The molecule has 0 aliphatic carbocycles. The highest BCUT2D eigenvalue weighted by atomic mass is 32.1. The van der Waals surface area contributed by atoms with Crippen molar-refractivity contribution in [2.24, 2.45) is 0 Å². The first-order chi connectivity index (χ1) is 32.7. The minimum Gasteiger partial charge on any atom is -0.310 e. The lowest BCUT2D eigenvalue weighted by molar-refractivity contribution is 1.28. The Morgan fingerprint density at radius 2 is 0.682 bits per heavy atom. The minimum atomic E-state index is 1.09. The van der Waals surface area contributed by atoms with E-state index in [9.17, 15) is 0 Å². The Morgan fingerprint density at radius 1 is 0.242 bits per heavy atom. The number of thiophene rings is 1. The van der Waals surface area contributed by atoms with Crippen molar-refractivity contribution in [2.75, 3.05) is 4.90 Å². The zero-order chi connectivity index (χ0) is 43.8. The number of rotatable bonds is 9. The second kappa shape index (κ2) is 17.0. The Labute approximate surface area is 389 Å². The summed E-state index contributed by atoms with van der Waals surface area (Å²) in [5.74, 6) is 0. The normalized spacial score (nSPS) is 11.3. The molecule has 0 bridgehead atoms. The summed E-state index contributed by atoms with van der Waals surface area (Å²) in [6.45, 7) is 0. The molecule has 0 unspecified atom stereocenters. The molecule has 0 amide bonds. The number of benzene rings is 11. The van der Waals surface area contributed by atoms with Gasteiger partial charge < -0.3 is 4.90 Å². The van der Waals surface area contributed by atoms with Crippen LogP contribution in [0.3, 0.4) is 0 Å². The zero-order valence-electron chi connectivity index (χ0n) is 36.2. The summed E-state index contributed by atoms with van der Waals surface area (Å²) in [4.78, 5) is 2.39. The second-order valence-corrected chi connectivity index (χ2v) is 18.0. The van der Waals surface area contributed by atoms with Crippen molar-refractivity contribution in [1.82, 2.24) is 0 Å². The molecule has 0 fully saturated rings. The molecular formula is C64H43NS. The molecule has 2 heteroatoms. The quantitative estimate of drug-likeness (QED) is 0.140.